The minimum atomic E-state index is -0.372. The van der Waals surface area contributed by atoms with Crippen LogP contribution in [0.5, 0.6) is 5.75 Å². The number of nitrogens with zero attached hydrogens (tertiary/aromatic N) is 1. The molecule has 0 amide bonds. The molecule has 1 atom stereocenters. The second-order valence-corrected chi connectivity index (χ2v) is 4.68. The number of benzene rings is 1. The molecule has 1 unspecified atom stereocenters. The molecule has 2 N–H and O–H groups in total. The molecule has 1 aromatic carbocycles. The number of nitrogens with two attached hydrogens (primary N) is 1. The molecule has 114 valence electrons. The molecule has 20 heavy (non-hydrogen) atoms. The Hall–Kier alpha value is -1.17. The summed E-state index contributed by atoms with van der Waals surface area (Å²) < 4.78 is 24.2. The van der Waals surface area contributed by atoms with E-state index in [1.807, 2.05) is 0 Å². The lowest BCUT2D eigenvalue weighted by molar-refractivity contribution is 0.148. The maximum Gasteiger partial charge on any atom is 0.131 e. The summed E-state index contributed by atoms with van der Waals surface area (Å²) in [7, 11) is 3.21. The van der Waals surface area contributed by atoms with Gasteiger partial charge in [-0.2, -0.15) is 0 Å². The molecule has 1 rings (SSSR count). The number of rotatable bonds is 9. The van der Waals surface area contributed by atoms with Crippen LogP contribution in [-0.2, 0) is 4.74 Å². The second-order valence-electron chi connectivity index (χ2n) is 4.68. The highest BCUT2D eigenvalue weighted by Gasteiger charge is 2.17. The first-order chi connectivity index (χ1) is 9.63. The Kier molecular flexibility index (Phi) is 7.51. The van der Waals surface area contributed by atoms with Gasteiger partial charge in [-0.1, -0.05) is 13.0 Å². The molecule has 0 fully saturated rings. The van der Waals surface area contributed by atoms with E-state index in [1.54, 1.807) is 19.2 Å². The molecule has 0 saturated carbocycles. The molecule has 5 heteroatoms. The van der Waals surface area contributed by atoms with E-state index in [-0.39, 0.29) is 11.9 Å². The second kappa shape index (κ2) is 8.89. The van der Waals surface area contributed by atoms with Crippen molar-refractivity contribution in [2.45, 2.75) is 19.4 Å². The van der Waals surface area contributed by atoms with Crippen molar-refractivity contribution in [3.8, 4) is 5.75 Å². The number of ether oxygens (including phenoxy) is 2. The first-order valence-electron chi connectivity index (χ1n) is 6.93. The third-order valence-electron chi connectivity index (χ3n) is 3.42. The van der Waals surface area contributed by atoms with Gasteiger partial charge < -0.3 is 20.1 Å². The highest BCUT2D eigenvalue weighted by atomic mass is 19.1. The van der Waals surface area contributed by atoms with E-state index < -0.39 is 0 Å². The van der Waals surface area contributed by atoms with Crippen molar-refractivity contribution in [3.05, 3.63) is 29.6 Å². The van der Waals surface area contributed by atoms with Crippen molar-refractivity contribution >= 4 is 0 Å². The van der Waals surface area contributed by atoms with Crippen molar-refractivity contribution in [3.63, 3.8) is 0 Å². The summed E-state index contributed by atoms with van der Waals surface area (Å²) in [5.74, 6) is 0.203. The van der Waals surface area contributed by atoms with Gasteiger partial charge in [0.2, 0.25) is 0 Å². The Bertz CT molecular complexity index is 401. The van der Waals surface area contributed by atoms with E-state index in [0.717, 1.165) is 19.6 Å². The van der Waals surface area contributed by atoms with Crippen LogP contribution >= 0.6 is 0 Å². The molecule has 0 aliphatic heterocycles. The van der Waals surface area contributed by atoms with Gasteiger partial charge in [0.1, 0.15) is 11.6 Å². The van der Waals surface area contributed by atoms with Crippen LogP contribution in [0, 0.1) is 5.82 Å². The zero-order valence-electron chi connectivity index (χ0n) is 12.6. The van der Waals surface area contributed by atoms with E-state index in [4.69, 9.17) is 15.2 Å². The van der Waals surface area contributed by atoms with Gasteiger partial charge in [0.05, 0.1) is 13.7 Å². The number of methoxy groups -OCH3 is 2. The van der Waals surface area contributed by atoms with Gasteiger partial charge >= 0.3 is 0 Å². The molecular weight excluding hydrogens is 259 g/mol. The average Bonchev–Trinajstić information content (AvgIpc) is 2.46. The SMILES string of the molecule is CCN(CCOC)CCC(N)c1c(F)cccc1OC. The minimum Gasteiger partial charge on any atom is -0.496 e. The third-order valence-corrected chi connectivity index (χ3v) is 3.42. The van der Waals surface area contributed by atoms with Crippen molar-refractivity contribution in [1.29, 1.82) is 0 Å². The lowest BCUT2D eigenvalue weighted by atomic mass is 10.0. The summed E-state index contributed by atoms with van der Waals surface area (Å²) in [4.78, 5) is 2.23. The predicted octanol–water partition coefficient (Wildman–Crippen LogP) is 2.19. The summed E-state index contributed by atoms with van der Waals surface area (Å²) in [5, 5.41) is 0. The van der Waals surface area contributed by atoms with Gasteiger partial charge in [-0.05, 0) is 25.1 Å². The van der Waals surface area contributed by atoms with Gasteiger partial charge in [-0.25, -0.2) is 4.39 Å². The number of hydrogen-bond acceptors (Lipinski definition) is 4. The fourth-order valence-corrected chi connectivity index (χ4v) is 2.17. The van der Waals surface area contributed by atoms with Crippen LogP contribution < -0.4 is 10.5 Å². The molecule has 0 saturated heterocycles. The lowest BCUT2D eigenvalue weighted by Gasteiger charge is -2.23. The Morgan fingerprint density at radius 1 is 1.30 bits per heavy atom. The maximum atomic E-state index is 13.9. The first kappa shape index (κ1) is 16.9. The molecule has 0 bridgehead atoms. The van der Waals surface area contributed by atoms with Crippen LogP contribution in [0.4, 0.5) is 4.39 Å². The average molecular weight is 284 g/mol. The summed E-state index contributed by atoms with van der Waals surface area (Å²) in [5.41, 5.74) is 6.58. The van der Waals surface area contributed by atoms with Gasteiger partial charge in [-0.3, -0.25) is 0 Å². The number of hydrogen-bond donors (Lipinski definition) is 1. The molecule has 0 spiro atoms. The number of halogens is 1. The van der Waals surface area contributed by atoms with Crippen LogP contribution in [0.3, 0.4) is 0 Å². The number of likely N-dealkylation sites (N-methyl/N-ethyl adjacent to an activating group) is 1. The largest absolute Gasteiger partial charge is 0.496 e. The highest BCUT2D eigenvalue weighted by molar-refractivity contribution is 5.37. The molecule has 0 aromatic heterocycles. The monoisotopic (exact) mass is 284 g/mol. The van der Waals surface area contributed by atoms with Crippen molar-refractivity contribution in [2.75, 3.05) is 40.5 Å². The maximum absolute atomic E-state index is 13.9. The van der Waals surface area contributed by atoms with Crippen LogP contribution in [-0.4, -0.2) is 45.4 Å². The van der Waals surface area contributed by atoms with Crippen LogP contribution in [0.2, 0.25) is 0 Å². The van der Waals surface area contributed by atoms with E-state index >= 15 is 0 Å². The zero-order chi connectivity index (χ0) is 15.0. The van der Waals surface area contributed by atoms with E-state index in [1.165, 1.54) is 13.2 Å². The molecule has 0 aliphatic carbocycles. The molecule has 0 heterocycles. The summed E-state index contributed by atoms with van der Waals surface area (Å²) >= 11 is 0. The van der Waals surface area contributed by atoms with Gasteiger partial charge in [0.15, 0.2) is 0 Å². The van der Waals surface area contributed by atoms with Crippen LogP contribution in [0.15, 0.2) is 18.2 Å². The third kappa shape index (κ3) is 4.74. The fraction of sp³-hybridized carbons (Fsp3) is 0.600. The Labute approximate surface area is 120 Å². The Morgan fingerprint density at radius 2 is 2.05 bits per heavy atom. The minimum absolute atomic E-state index is 0.309. The van der Waals surface area contributed by atoms with Crippen molar-refractivity contribution < 1.29 is 13.9 Å². The van der Waals surface area contributed by atoms with E-state index in [2.05, 4.69) is 11.8 Å². The normalized spacial score (nSPS) is 12.7. The topological polar surface area (TPSA) is 47.7 Å². The van der Waals surface area contributed by atoms with Crippen LogP contribution in [0.25, 0.3) is 0 Å². The van der Waals surface area contributed by atoms with Gasteiger partial charge in [0.25, 0.3) is 0 Å². The molecule has 0 radical (unpaired) electrons. The Balaban J connectivity index is 2.64. The van der Waals surface area contributed by atoms with Gasteiger partial charge in [-0.15, -0.1) is 0 Å². The highest BCUT2D eigenvalue weighted by Crippen LogP contribution is 2.28. The van der Waals surface area contributed by atoms with E-state index in [9.17, 15) is 4.39 Å². The van der Waals surface area contributed by atoms with Crippen molar-refractivity contribution in [1.82, 2.24) is 4.90 Å². The molecule has 1 aromatic rings. The van der Waals surface area contributed by atoms with E-state index in [0.29, 0.717) is 24.3 Å². The lowest BCUT2D eigenvalue weighted by Crippen LogP contribution is -2.30. The molecule has 0 aliphatic rings. The molecule has 4 nitrogen and oxygen atoms in total. The summed E-state index contributed by atoms with van der Waals surface area (Å²) in [6.07, 6.45) is 0.675. The van der Waals surface area contributed by atoms with Gasteiger partial charge in [0, 0.05) is 31.8 Å². The summed E-state index contributed by atoms with van der Waals surface area (Å²) in [6, 6.07) is 4.41. The fourth-order valence-electron chi connectivity index (χ4n) is 2.17. The Morgan fingerprint density at radius 3 is 2.65 bits per heavy atom. The van der Waals surface area contributed by atoms with Crippen molar-refractivity contribution in [2.24, 2.45) is 5.73 Å². The quantitative estimate of drug-likeness (QED) is 0.755. The predicted molar refractivity (Wildman–Crippen MR) is 78.5 cm³/mol. The standard InChI is InChI=1S/C15H25FN2O2/c1-4-18(10-11-19-2)9-8-13(17)15-12(16)6-5-7-14(15)20-3/h5-7,13H,4,8-11,17H2,1-3H3. The first-order valence-corrected chi connectivity index (χ1v) is 6.93. The smallest absolute Gasteiger partial charge is 0.131 e. The summed E-state index contributed by atoms with van der Waals surface area (Å²) in [6.45, 7) is 5.36. The zero-order valence-corrected chi connectivity index (χ0v) is 12.6. The van der Waals surface area contributed by atoms with Crippen LogP contribution in [0.1, 0.15) is 24.9 Å². The molecular formula is C15H25FN2O2.